The number of nitrogens with one attached hydrogen (secondary N) is 1. The van der Waals surface area contributed by atoms with Gasteiger partial charge < -0.3 is 15.0 Å². The predicted octanol–water partition coefficient (Wildman–Crippen LogP) is 2.22. The molecule has 2 fully saturated rings. The number of alkyl halides is 1. The van der Waals surface area contributed by atoms with Gasteiger partial charge in [-0.15, -0.1) is 5.10 Å². The number of hydrogen-bond donors (Lipinski definition) is 1. The number of carbonyl (C=O) groups excluding carboxylic acids is 1. The van der Waals surface area contributed by atoms with Crippen molar-refractivity contribution < 1.29 is 18.3 Å². The van der Waals surface area contributed by atoms with E-state index in [0.29, 0.717) is 42.5 Å². The van der Waals surface area contributed by atoms with Gasteiger partial charge in [0.1, 0.15) is 17.8 Å². The van der Waals surface area contributed by atoms with Crippen LogP contribution in [0.15, 0.2) is 42.6 Å². The van der Waals surface area contributed by atoms with Crippen LogP contribution in [0, 0.1) is 5.82 Å². The van der Waals surface area contributed by atoms with Crippen LogP contribution in [0.5, 0.6) is 0 Å². The van der Waals surface area contributed by atoms with Crippen LogP contribution in [0.25, 0.3) is 5.65 Å². The first-order chi connectivity index (χ1) is 16.1. The molecule has 33 heavy (non-hydrogen) atoms. The van der Waals surface area contributed by atoms with Crippen molar-refractivity contribution in [1.29, 1.82) is 0 Å². The molecule has 3 aromatic rings. The van der Waals surface area contributed by atoms with E-state index in [1.165, 1.54) is 22.8 Å². The number of anilines is 1. The number of benzene rings is 1. The Kier molecular flexibility index (Phi) is 6.19. The van der Waals surface area contributed by atoms with E-state index in [0.717, 1.165) is 19.6 Å². The van der Waals surface area contributed by atoms with Gasteiger partial charge in [-0.1, -0.05) is 12.1 Å². The molecule has 2 aliphatic rings. The average molecular weight is 456 g/mol. The Labute approximate surface area is 190 Å². The van der Waals surface area contributed by atoms with Crippen molar-refractivity contribution >= 4 is 17.4 Å². The molecule has 174 valence electrons. The number of ether oxygens (including phenoxy) is 1. The molecule has 1 N–H and O–H groups in total. The fourth-order valence-corrected chi connectivity index (χ4v) is 4.48. The molecular weight excluding hydrogens is 430 g/mol. The van der Waals surface area contributed by atoms with Gasteiger partial charge in [-0.25, -0.2) is 18.3 Å². The Morgan fingerprint density at radius 1 is 1.21 bits per heavy atom. The number of carbonyl (C=O) groups is 1. The molecule has 5 rings (SSSR count). The predicted molar refractivity (Wildman–Crippen MR) is 119 cm³/mol. The second kappa shape index (κ2) is 9.40. The number of rotatable bonds is 6. The van der Waals surface area contributed by atoms with E-state index in [9.17, 15) is 13.6 Å². The summed E-state index contributed by atoms with van der Waals surface area (Å²) in [6.45, 7) is 4.52. The molecule has 2 aliphatic heterocycles. The molecule has 0 saturated carbocycles. The normalized spacial score (nSPS) is 21.6. The van der Waals surface area contributed by atoms with Crippen molar-refractivity contribution in [2.75, 3.05) is 50.8 Å². The van der Waals surface area contributed by atoms with Gasteiger partial charge in [-0.05, 0) is 29.8 Å². The van der Waals surface area contributed by atoms with E-state index < -0.39 is 6.17 Å². The Balaban J connectivity index is 1.34. The minimum Gasteiger partial charge on any atom is -0.379 e. The molecule has 0 aliphatic carbocycles. The lowest BCUT2D eigenvalue weighted by atomic mass is 10.0. The Hall–Kier alpha value is -3.11. The molecular formula is C23H26F2N6O2. The molecule has 2 atom stereocenters. The topological polar surface area (TPSA) is 75.0 Å². The lowest BCUT2D eigenvalue weighted by Crippen LogP contribution is -2.41. The van der Waals surface area contributed by atoms with Gasteiger partial charge in [0.2, 0.25) is 0 Å². The molecule has 2 saturated heterocycles. The smallest absolute Gasteiger partial charge is 0.271 e. The quantitative estimate of drug-likeness (QED) is 0.613. The zero-order chi connectivity index (χ0) is 22.8. The van der Waals surface area contributed by atoms with Crippen LogP contribution >= 0.6 is 0 Å². The average Bonchev–Trinajstić information content (AvgIpc) is 3.43. The second-order valence-corrected chi connectivity index (χ2v) is 8.37. The summed E-state index contributed by atoms with van der Waals surface area (Å²) in [7, 11) is 0. The number of morpholine rings is 1. The lowest BCUT2D eigenvalue weighted by Gasteiger charge is -2.26. The van der Waals surface area contributed by atoms with E-state index in [1.54, 1.807) is 24.3 Å². The van der Waals surface area contributed by atoms with Crippen LogP contribution in [0.1, 0.15) is 28.5 Å². The van der Waals surface area contributed by atoms with Gasteiger partial charge in [0.25, 0.3) is 5.91 Å². The van der Waals surface area contributed by atoms with Gasteiger partial charge in [0.05, 0.1) is 32.0 Å². The SMILES string of the molecule is O=C(NCCN1CCOCC1)c1cnc2ccc(N3C[C@@H](F)CC3c3cccc(F)c3)nn12. The highest BCUT2D eigenvalue weighted by atomic mass is 19.1. The summed E-state index contributed by atoms with van der Waals surface area (Å²) in [5, 5.41) is 7.52. The number of imidazole rings is 1. The van der Waals surface area contributed by atoms with Crippen LogP contribution in [0.2, 0.25) is 0 Å². The van der Waals surface area contributed by atoms with Crippen molar-refractivity contribution in [3.63, 3.8) is 0 Å². The molecule has 4 heterocycles. The Morgan fingerprint density at radius 3 is 2.88 bits per heavy atom. The third-order valence-corrected chi connectivity index (χ3v) is 6.18. The van der Waals surface area contributed by atoms with Crippen molar-refractivity contribution in [3.8, 4) is 0 Å². The number of hydrogen-bond acceptors (Lipinski definition) is 6. The van der Waals surface area contributed by atoms with Gasteiger partial charge >= 0.3 is 0 Å². The van der Waals surface area contributed by atoms with Crippen molar-refractivity contribution in [2.45, 2.75) is 18.6 Å². The van der Waals surface area contributed by atoms with Crippen molar-refractivity contribution in [3.05, 3.63) is 59.7 Å². The Bertz CT molecular complexity index is 1130. The second-order valence-electron chi connectivity index (χ2n) is 8.37. The summed E-state index contributed by atoms with van der Waals surface area (Å²) >= 11 is 0. The van der Waals surface area contributed by atoms with Crippen molar-refractivity contribution in [2.24, 2.45) is 0 Å². The number of amides is 1. The summed E-state index contributed by atoms with van der Waals surface area (Å²) in [5.41, 5.74) is 1.53. The van der Waals surface area contributed by atoms with Crippen LogP contribution in [0.4, 0.5) is 14.6 Å². The lowest BCUT2D eigenvalue weighted by molar-refractivity contribution is 0.0383. The maximum Gasteiger partial charge on any atom is 0.271 e. The van der Waals surface area contributed by atoms with Gasteiger partial charge in [0, 0.05) is 32.6 Å². The highest BCUT2D eigenvalue weighted by Gasteiger charge is 2.34. The maximum absolute atomic E-state index is 14.4. The minimum absolute atomic E-state index is 0.148. The number of nitrogens with zero attached hydrogens (tertiary/aromatic N) is 5. The third-order valence-electron chi connectivity index (χ3n) is 6.18. The number of halogens is 2. The molecule has 2 aromatic heterocycles. The highest BCUT2D eigenvalue weighted by Crippen LogP contribution is 2.36. The standard InChI is InChI=1S/C23H26F2N6O2/c24-17-3-1-2-16(12-17)19-13-18(25)15-30(19)22-5-4-21-27-14-20(31(21)28-22)23(32)26-6-7-29-8-10-33-11-9-29/h1-5,12,14,18-19H,6-11,13,15H2,(H,26,32)/t18-,19?/m0/s1. The third kappa shape index (κ3) is 4.67. The van der Waals surface area contributed by atoms with E-state index >= 15 is 0 Å². The van der Waals surface area contributed by atoms with Gasteiger partial charge in [-0.3, -0.25) is 9.69 Å². The van der Waals surface area contributed by atoms with Crippen LogP contribution in [-0.2, 0) is 4.74 Å². The molecule has 0 spiro atoms. The fraction of sp³-hybridized carbons (Fsp3) is 0.435. The van der Waals surface area contributed by atoms with E-state index in [1.807, 2.05) is 4.90 Å². The van der Waals surface area contributed by atoms with Crippen molar-refractivity contribution in [1.82, 2.24) is 24.8 Å². The molecule has 8 nitrogen and oxygen atoms in total. The van der Waals surface area contributed by atoms with Crippen LogP contribution in [-0.4, -0.2) is 77.5 Å². The first-order valence-electron chi connectivity index (χ1n) is 11.2. The molecule has 1 aromatic carbocycles. The molecule has 1 amide bonds. The summed E-state index contributed by atoms with van der Waals surface area (Å²) in [6, 6.07) is 9.39. The van der Waals surface area contributed by atoms with Gasteiger partial charge in [-0.2, -0.15) is 0 Å². The minimum atomic E-state index is -1.05. The summed E-state index contributed by atoms with van der Waals surface area (Å²) in [4.78, 5) is 21.1. The summed E-state index contributed by atoms with van der Waals surface area (Å²) < 4.78 is 35.0. The van der Waals surface area contributed by atoms with Crippen LogP contribution < -0.4 is 10.2 Å². The molecule has 0 bridgehead atoms. The summed E-state index contributed by atoms with van der Waals surface area (Å²) in [5.74, 6) is -0.118. The monoisotopic (exact) mass is 456 g/mol. The number of fused-ring (bicyclic) bond motifs is 1. The van der Waals surface area contributed by atoms with E-state index in [4.69, 9.17) is 4.74 Å². The molecule has 1 unspecified atom stereocenters. The first kappa shape index (κ1) is 21.7. The number of aromatic nitrogens is 3. The Morgan fingerprint density at radius 2 is 2.06 bits per heavy atom. The zero-order valence-corrected chi connectivity index (χ0v) is 18.2. The van der Waals surface area contributed by atoms with E-state index in [2.05, 4.69) is 20.3 Å². The van der Waals surface area contributed by atoms with Gasteiger partial charge in [0.15, 0.2) is 11.3 Å². The summed E-state index contributed by atoms with van der Waals surface area (Å²) in [6.07, 6.45) is 0.686. The zero-order valence-electron chi connectivity index (χ0n) is 18.2. The maximum atomic E-state index is 14.4. The first-order valence-corrected chi connectivity index (χ1v) is 11.2. The highest BCUT2D eigenvalue weighted by molar-refractivity contribution is 5.93. The fourth-order valence-electron chi connectivity index (χ4n) is 4.48. The van der Waals surface area contributed by atoms with E-state index in [-0.39, 0.29) is 30.7 Å². The van der Waals surface area contributed by atoms with Crippen LogP contribution in [0.3, 0.4) is 0 Å². The molecule has 10 heteroatoms. The molecule has 0 radical (unpaired) electrons. The largest absolute Gasteiger partial charge is 0.379 e.